The molecular weight excluding hydrogens is 308 g/mol. The number of rotatable bonds is 4. The summed E-state index contributed by atoms with van der Waals surface area (Å²) in [5.41, 5.74) is 0. The van der Waals surface area contributed by atoms with Gasteiger partial charge in [0.25, 0.3) is 0 Å². The Balaban J connectivity index is 1.92. The maximum Gasteiger partial charge on any atom is 0.243 e. The lowest BCUT2D eigenvalue weighted by molar-refractivity contribution is 0.268. The van der Waals surface area contributed by atoms with Crippen LogP contribution >= 0.6 is 11.6 Å². The van der Waals surface area contributed by atoms with E-state index < -0.39 is 10.0 Å². The van der Waals surface area contributed by atoms with Gasteiger partial charge in [0.2, 0.25) is 10.0 Å². The van der Waals surface area contributed by atoms with Gasteiger partial charge in [0.05, 0.1) is 4.90 Å². The Labute approximate surface area is 129 Å². The summed E-state index contributed by atoms with van der Waals surface area (Å²) >= 11 is 5.96. The molecule has 0 bridgehead atoms. The van der Waals surface area contributed by atoms with E-state index in [1.54, 1.807) is 37.6 Å². The Morgan fingerprint density at radius 2 is 2.10 bits per heavy atom. The van der Waals surface area contributed by atoms with Crippen LogP contribution in [-0.2, 0) is 10.0 Å². The van der Waals surface area contributed by atoms with E-state index in [1.807, 2.05) is 6.07 Å². The molecule has 3 rings (SSSR count). The number of halogens is 1. The predicted octanol–water partition coefficient (Wildman–Crippen LogP) is 2.87. The van der Waals surface area contributed by atoms with Gasteiger partial charge in [-0.1, -0.05) is 12.1 Å². The fourth-order valence-corrected chi connectivity index (χ4v) is 4.71. The number of fused-ring (bicyclic) bond motifs is 1. The van der Waals surface area contributed by atoms with Gasteiger partial charge in [-0.2, -0.15) is 0 Å². The van der Waals surface area contributed by atoms with E-state index in [0.29, 0.717) is 22.7 Å². The SMILES string of the molecule is CN(CC1CC(Cl)C1)S(=O)(=O)c1cccc2cnccc12. The number of hydrogen-bond acceptors (Lipinski definition) is 3. The maximum atomic E-state index is 12.8. The highest BCUT2D eigenvalue weighted by atomic mass is 35.5. The molecule has 1 aliphatic carbocycles. The Bertz CT molecular complexity index is 752. The van der Waals surface area contributed by atoms with E-state index in [2.05, 4.69) is 4.98 Å². The highest BCUT2D eigenvalue weighted by molar-refractivity contribution is 7.89. The molecule has 1 saturated carbocycles. The molecule has 0 atom stereocenters. The van der Waals surface area contributed by atoms with Crippen molar-refractivity contribution in [3.05, 3.63) is 36.7 Å². The third kappa shape index (κ3) is 2.78. The highest BCUT2D eigenvalue weighted by Crippen LogP contribution is 2.33. The average Bonchev–Trinajstić information content (AvgIpc) is 2.44. The van der Waals surface area contributed by atoms with Crippen LogP contribution in [0.1, 0.15) is 12.8 Å². The highest BCUT2D eigenvalue weighted by Gasteiger charge is 2.32. The van der Waals surface area contributed by atoms with Crippen molar-refractivity contribution in [2.75, 3.05) is 13.6 Å². The topological polar surface area (TPSA) is 50.3 Å². The molecule has 2 aromatic rings. The molecule has 0 radical (unpaired) electrons. The first-order chi connectivity index (χ1) is 9.98. The Morgan fingerprint density at radius 3 is 2.81 bits per heavy atom. The van der Waals surface area contributed by atoms with Crippen molar-refractivity contribution in [2.24, 2.45) is 5.92 Å². The van der Waals surface area contributed by atoms with Crippen LogP contribution < -0.4 is 0 Å². The number of pyridine rings is 1. The molecule has 1 aliphatic rings. The van der Waals surface area contributed by atoms with Gasteiger partial charge in [-0.25, -0.2) is 12.7 Å². The van der Waals surface area contributed by atoms with Gasteiger partial charge in [-0.3, -0.25) is 4.98 Å². The monoisotopic (exact) mass is 324 g/mol. The van der Waals surface area contributed by atoms with Gasteiger partial charge in [-0.05, 0) is 30.9 Å². The summed E-state index contributed by atoms with van der Waals surface area (Å²) in [6.07, 6.45) is 5.07. The minimum absolute atomic E-state index is 0.203. The fourth-order valence-electron chi connectivity index (χ4n) is 2.75. The van der Waals surface area contributed by atoms with Crippen molar-refractivity contribution in [1.29, 1.82) is 0 Å². The summed E-state index contributed by atoms with van der Waals surface area (Å²) in [5, 5.41) is 1.74. The molecule has 1 fully saturated rings. The number of aromatic nitrogens is 1. The van der Waals surface area contributed by atoms with E-state index >= 15 is 0 Å². The van der Waals surface area contributed by atoms with Gasteiger partial charge in [0.15, 0.2) is 0 Å². The summed E-state index contributed by atoms with van der Waals surface area (Å²) < 4.78 is 27.0. The summed E-state index contributed by atoms with van der Waals surface area (Å²) in [4.78, 5) is 4.38. The number of hydrogen-bond donors (Lipinski definition) is 0. The largest absolute Gasteiger partial charge is 0.264 e. The van der Waals surface area contributed by atoms with Gasteiger partial charge in [0.1, 0.15) is 0 Å². The van der Waals surface area contributed by atoms with Gasteiger partial charge in [-0.15, -0.1) is 11.6 Å². The summed E-state index contributed by atoms with van der Waals surface area (Å²) in [5.74, 6) is 0.365. The quantitative estimate of drug-likeness (QED) is 0.813. The first-order valence-corrected chi connectivity index (χ1v) is 8.79. The van der Waals surface area contributed by atoms with Crippen molar-refractivity contribution in [3.63, 3.8) is 0 Å². The molecule has 4 nitrogen and oxygen atoms in total. The first kappa shape index (κ1) is 14.8. The number of alkyl halides is 1. The van der Waals surface area contributed by atoms with Gasteiger partial charge >= 0.3 is 0 Å². The number of nitrogens with zero attached hydrogens (tertiary/aromatic N) is 2. The summed E-state index contributed by atoms with van der Waals surface area (Å²) in [6.45, 7) is 0.521. The lowest BCUT2D eigenvalue weighted by Crippen LogP contribution is -2.37. The average molecular weight is 325 g/mol. The third-order valence-corrected chi connectivity index (χ3v) is 6.26. The van der Waals surface area contributed by atoms with Crippen molar-refractivity contribution < 1.29 is 8.42 Å². The molecule has 1 aromatic carbocycles. The van der Waals surface area contributed by atoms with E-state index in [0.717, 1.165) is 18.2 Å². The zero-order chi connectivity index (χ0) is 15.0. The van der Waals surface area contributed by atoms with Gasteiger partial charge in [0, 0.05) is 42.1 Å². The van der Waals surface area contributed by atoms with Crippen LogP contribution in [0.25, 0.3) is 10.8 Å². The molecule has 6 heteroatoms. The second-order valence-electron chi connectivity index (χ2n) is 5.57. The lowest BCUT2D eigenvalue weighted by atomic mass is 9.85. The zero-order valence-electron chi connectivity index (χ0n) is 11.7. The first-order valence-electron chi connectivity index (χ1n) is 6.91. The molecule has 21 heavy (non-hydrogen) atoms. The summed E-state index contributed by atoms with van der Waals surface area (Å²) in [7, 11) is -1.86. The van der Waals surface area contributed by atoms with Crippen LogP contribution in [0.15, 0.2) is 41.6 Å². The molecule has 1 heterocycles. The van der Waals surface area contributed by atoms with Crippen LogP contribution in [0.5, 0.6) is 0 Å². The molecule has 0 N–H and O–H groups in total. The fraction of sp³-hybridized carbons (Fsp3) is 0.400. The third-order valence-electron chi connectivity index (χ3n) is 4.02. The molecule has 112 valence electrons. The van der Waals surface area contributed by atoms with Gasteiger partial charge < -0.3 is 0 Å². The lowest BCUT2D eigenvalue weighted by Gasteiger charge is -2.33. The Hall–Kier alpha value is -1.17. The predicted molar refractivity (Wildman–Crippen MR) is 83.9 cm³/mol. The van der Waals surface area contributed by atoms with Crippen LogP contribution in [0.4, 0.5) is 0 Å². The maximum absolute atomic E-state index is 12.8. The minimum atomic E-state index is -3.49. The van der Waals surface area contributed by atoms with E-state index in [4.69, 9.17) is 11.6 Å². The Kier molecular flexibility index (Phi) is 3.90. The molecular formula is C15H17ClN2O2S. The molecule has 1 aromatic heterocycles. The van der Waals surface area contributed by atoms with Crippen LogP contribution in [0.3, 0.4) is 0 Å². The van der Waals surface area contributed by atoms with Crippen LogP contribution in [0, 0.1) is 5.92 Å². The second kappa shape index (κ2) is 5.55. The molecule has 0 unspecified atom stereocenters. The molecule has 0 aliphatic heterocycles. The van der Waals surface area contributed by atoms with E-state index in [1.165, 1.54) is 4.31 Å². The number of sulfonamides is 1. The van der Waals surface area contributed by atoms with Crippen molar-refractivity contribution in [1.82, 2.24) is 9.29 Å². The number of benzene rings is 1. The van der Waals surface area contributed by atoms with Crippen molar-refractivity contribution >= 4 is 32.4 Å². The minimum Gasteiger partial charge on any atom is -0.264 e. The van der Waals surface area contributed by atoms with Crippen molar-refractivity contribution in [3.8, 4) is 0 Å². The van der Waals surface area contributed by atoms with E-state index in [9.17, 15) is 8.42 Å². The Morgan fingerprint density at radius 1 is 1.33 bits per heavy atom. The zero-order valence-corrected chi connectivity index (χ0v) is 13.3. The molecule has 0 saturated heterocycles. The normalized spacial score (nSPS) is 22.4. The van der Waals surface area contributed by atoms with Crippen molar-refractivity contribution in [2.45, 2.75) is 23.1 Å². The van der Waals surface area contributed by atoms with Crippen LogP contribution in [-0.4, -0.2) is 36.7 Å². The standard InChI is InChI=1S/C15H17ClN2O2S/c1-18(10-11-7-13(16)8-11)21(19,20)15-4-2-3-12-9-17-6-5-14(12)15/h2-6,9,11,13H,7-8,10H2,1H3. The molecule has 0 spiro atoms. The van der Waals surface area contributed by atoms with Crippen LogP contribution in [0.2, 0.25) is 0 Å². The smallest absolute Gasteiger partial charge is 0.243 e. The van der Waals surface area contributed by atoms with E-state index in [-0.39, 0.29) is 5.38 Å². The second-order valence-corrected chi connectivity index (χ2v) is 8.20. The molecule has 0 amide bonds. The summed E-state index contributed by atoms with van der Waals surface area (Å²) in [6, 6.07) is 7.02.